The van der Waals surface area contributed by atoms with Gasteiger partial charge in [-0.25, -0.2) is 9.37 Å². The summed E-state index contributed by atoms with van der Waals surface area (Å²) >= 11 is 4.39. The Kier molecular flexibility index (Phi) is 2.93. The van der Waals surface area contributed by atoms with E-state index in [0.29, 0.717) is 27.0 Å². The average Bonchev–Trinajstić information content (AvgIpc) is 2.70. The van der Waals surface area contributed by atoms with E-state index in [9.17, 15) is 9.18 Å². The molecular weight excluding hydrogens is 281 g/mol. The van der Waals surface area contributed by atoms with Crippen LogP contribution in [0.4, 0.5) is 4.39 Å². The van der Waals surface area contributed by atoms with Gasteiger partial charge in [0.15, 0.2) is 6.29 Å². The van der Waals surface area contributed by atoms with E-state index in [2.05, 4.69) is 20.9 Å². The Hall–Kier alpha value is -1.07. The molecule has 15 heavy (non-hydrogen) atoms. The molecule has 0 N–H and O–H groups in total. The van der Waals surface area contributed by atoms with Gasteiger partial charge in [-0.3, -0.25) is 4.79 Å². The van der Waals surface area contributed by atoms with Crippen LogP contribution in [-0.2, 0) is 0 Å². The fourth-order valence-corrected chi connectivity index (χ4v) is 2.11. The summed E-state index contributed by atoms with van der Waals surface area (Å²) in [5.74, 6) is -0.338. The predicted molar refractivity (Wildman–Crippen MR) is 60.6 cm³/mol. The Morgan fingerprint density at radius 3 is 2.87 bits per heavy atom. The van der Waals surface area contributed by atoms with Crippen LogP contribution in [0.15, 0.2) is 28.1 Å². The second-order valence-electron chi connectivity index (χ2n) is 2.82. The summed E-state index contributed by atoms with van der Waals surface area (Å²) in [6.07, 6.45) is 0.676. The zero-order valence-corrected chi connectivity index (χ0v) is 9.81. The predicted octanol–water partition coefficient (Wildman–Crippen LogP) is 3.52. The molecule has 0 atom stereocenters. The molecule has 0 fully saturated rings. The van der Waals surface area contributed by atoms with E-state index >= 15 is 0 Å². The van der Waals surface area contributed by atoms with Crippen molar-refractivity contribution in [3.8, 4) is 10.6 Å². The number of rotatable bonds is 2. The van der Waals surface area contributed by atoms with Crippen molar-refractivity contribution in [2.75, 3.05) is 0 Å². The summed E-state index contributed by atoms with van der Waals surface area (Å²) in [6.45, 7) is 0. The third kappa shape index (κ3) is 2.13. The lowest BCUT2D eigenvalue weighted by Crippen LogP contribution is -1.82. The Labute approximate surface area is 97.9 Å². The van der Waals surface area contributed by atoms with Crippen molar-refractivity contribution in [3.63, 3.8) is 0 Å². The van der Waals surface area contributed by atoms with Crippen LogP contribution < -0.4 is 0 Å². The van der Waals surface area contributed by atoms with E-state index in [4.69, 9.17) is 0 Å². The number of carbonyl (C=O) groups is 1. The van der Waals surface area contributed by atoms with Crippen LogP contribution in [0.3, 0.4) is 0 Å². The van der Waals surface area contributed by atoms with Crippen LogP contribution >= 0.6 is 27.3 Å². The van der Waals surface area contributed by atoms with Gasteiger partial charge in [-0.15, -0.1) is 11.3 Å². The maximum Gasteiger partial charge on any atom is 0.169 e. The molecule has 0 aliphatic carbocycles. The highest BCUT2D eigenvalue weighted by molar-refractivity contribution is 9.10. The van der Waals surface area contributed by atoms with Crippen molar-refractivity contribution in [2.45, 2.75) is 0 Å². The molecule has 1 heterocycles. The van der Waals surface area contributed by atoms with Gasteiger partial charge < -0.3 is 0 Å². The van der Waals surface area contributed by atoms with Crippen molar-refractivity contribution in [1.82, 2.24) is 4.98 Å². The van der Waals surface area contributed by atoms with Gasteiger partial charge in [0, 0.05) is 10.9 Å². The molecule has 0 aliphatic rings. The van der Waals surface area contributed by atoms with Gasteiger partial charge in [0.25, 0.3) is 0 Å². The molecule has 2 aromatic rings. The molecule has 0 aliphatic heterocycles. The van der Waals surface area contributed by atoms with Gasteiger partial charge in [-0.1, -0.05) is 6.07 Å². The minimum absolute atomic E-state index is 0.338. The molecule has 76 valence electrons. The molecule has 0 saturated heterocycles. The van der Waals surface area contributed by atoms with Gasteiger partial charge >= 0.3 is 0 Å². The van der Waals surface area contributed by atoms with Crippen molar-refractivity contribution in [2.24, 2.45) is 0 Å². The van der Waals surface area contributed by atoms with Crippen LogP contribution in [0.25, 0.3) is 10.6 Å². The van der Waals surface area contributed by atoms with E-state index < -0.39 is 0 Å². The fourth-order valence-electron chi connectivity index (χ4n) is 1.10. The maximum atomic E-state index is 13.2. The second kappa shape index (κ2) is 4.20. The summed E-state index contributed by atoms with van der Waals surface area (Å²) in [7, 11) is 0. The normalized spacial score (nSPS) is 10.3. The van der Waals surface area contributed by atoms with Crippen molar-refractivity contribution >= 4 is 33.6 Å². The molecule has 0 bridgehead atoms. The van der Waals surface area contributed by atoms with Gasteiger partial charge in [0.05, 0.1) is 4.47 Å². The SMILES string of the molecule is O=Cc1csc(-c2ccc(Br)c(F)c2)n1. The number of thiazole rings is 1. The summed E-state index contributed by atoms with van der Waals surface area (Å²) in [5.41, 5.74) is 1.05. The van der Waals surface area contributed by atoms with E-state index in [1.165, 1.54) is 17.4 Å². The quantitative estimate of drug-likeness (QED) is 0.790. The first kappa shape index (κ1) is 10.4. The van der Waals surface area contributed by atoms with E-state index in [-0.39, 0.29) is 5.82 Å². The lowest BCUT2D eigenvalue weighted by Gasteiger charge is -1.97. The Morgan fingerprint density at radius 1 is 1.47 bits per heavy atom. The standard InChI is InChI=1S/C10H5BrFNOS/c11-8-2-1-6(3-9(8)12)10-13-7(4-14)5-15-10/h1-5H. The van der Waals surface area contributed by atoms with Crippen molar-refractivity contribution < 1.29 is 9.18 Å². The fraction of sp³-hybridized carbons (Fsp3) is 0. The van der Waals surface area contributed by atoms with Gasteiger partial charge in [-0.05, 0) is 28.1 Å². The summed E-state index contributed by atoms with van der Waals surface area (Å²) in [4.78, 5) is 14.5. The highest BCUT2D eigenvalue weighted by Gasteiger charge is 2.06. The lowest BCUT2D eigenvalue weighted by atomic mass is 10.2. The van der Waals surface area contributed by atoms with Crippen LogP contribution in [0.5, 0.6) is 0 Å². The molecule has 1 aromatic heterocycles. The van der Waals surface area contributed by atoms with Crippen LogP contribution in [0, 0.1) is 5.82 Å². The van der Waals surface area contributed by atoms with Gasteiger partial charge in [0.1, 0.15) is 16.5 Å². The molecule has 2 rings (SSSR count). The zero-order valence-electron chi connectivity index (χ0n) is 7.41. The first-order chi connectivity index (χ1) is 7.20. The summed E-state index contributed by atoms with van der Waals surface area (Å²) in [5, 5.41) is 2.28. The molecular formula is C10H5BrFNOS. The maximum absolute atomic E-state index is 13.2. The monoisotopic (exact) mass is 285 g/mol. The Morgan fingerprint density at radius 2 is 2.27 bits per heavy atom. The highest BCUT2D eigenvalue weighted by atomic mass is 79.9. The van der Waals surface area contributed by atoms with E-state index in [0.717, 1.165) is 0 Å². The third-order valence-electron chi connectivity index (χ3n) is 1.81. The van der Waals surface area contributed by atoms with Gasteiger partial charge in [-0.2, -0.15) is 0 Å². The number of aromatic nitrogens is 1. The third-order valence-corrected chi connectivity index (χ3v) is 3.36. The molecule has 2 nitrogen and oxygen atoms in total. The Bertz CT molecular complexity index is 512. The molecule has 0 amide bonds. The number of hydrogen-bond acceptors (Lipinski definition) is 3. The lowest BCUT2D eigenvalue weighted by molar-refractivity contribution is 0.111. The van der Waals surface area contributed by atoms with Gasteiger partial charge in [0.2, 0.25) is 0 Å². The number of carbonyl (C=O) groups excluding carboxylic acids is 1. The van der Waals surface area contributed by atoms with Crippen LogP contribution in [0.2, 0.25) is 0 Å². The number of benzene rings is 1. The molecule has 0 radical (unpaired) electrons. The minimum atomic E-state index is -0.338. The van der Waals surface area contributed by atoms with E-state index in [1.54, 1.807) is 17.5 Å². The second-order valence-corrected chi connectivity index (χ2v) is 4.54. The molecule has 0 unspecified atom stereocenters. The topological polar surface area (TPSA) is 30.0 Å². The zero-order chi connectivity index (χ0) is 10.8. The first-order valence-electron chi connectivity index (χ1n) is 4.07. The summed E-state index contributed by atoms with van der Waals surface area (Å²) in [6, 6.07) is 4.75. The van der Waals surface area contributed by atoms with Crippen molar-refractivity contribution in [3.05, 3.63) is 39.6 Å². The largest absolute Gasteiger partial charge is 0.296 e. The van der Waals surface area contributed by atoms with Crippen LogP contribution in [0.1, 0.15) is 10.5 Å². The van der Waals surface area contributed by atoms with Crippen LogP contribution in [-0.4, -0.2) is 11.3 Å². The molecule has 1 aromatic carbocycles. The molecule has 0 spiro atoms. The van der Waals surface area contributed by atoms with Crippen molar-refractivity contribution in [1.29, 1.82) is 0 Å². The summed E-state index contributed by atoms with van der Waals surface area (Å²) < 4.78 is 13.6. The smallest absolute Gasteiger partial charge is 0.169 e. The average molecular weight is 286 g/mol. The number of hydrogen-bond donors (Lipinski definition) is 0. The molecule has 0 saturated carbocycles. The number of aldehydes is 1. The minimum Gasteiger partial charge on any atom is -0.296 e. The first-order valence-corrected chi connectivity index (χ1v) is 5.74. The Balaban J connectivity index is 2.44. The number of halogens is 2. The molecule has 5 heteroatoms. The highest BCUT2D eigenvalue weighted by Crippen LogP contribution is 2.26. The number of nitrogens with zero attached hydrogens (tertiary/aromatic N) is 1. The van der Waals surface area contributed by atoms with E-state index in [1.807, 2.05) is 0 Å².